The molecule has 0 aromatic heterocycles. The van der Waals surface area contributed by atoms with Crippen LogP contribution in [0.3, 0.4) is 0 Å². The highest BCUT2D eigenvalue weighted by Crippen LogP contribution is 2.46. The van der Waals surface area contributed by atoms with Crippen molar-refractivity contribution in [3.05, 3.63) is 85.2 Å². The summed E-state index contributed by atoms with van der Waals surface area (Å²) in [5, 5.41) is 22.2. The highest BCUT2D eigenvalue weighted by Gasteiger charge is 2.39. The molecule has 240 valence electrons. The summed E-state index contributed by atoms with van der Waals surface area (Å²) in [7, 11) is -4.28. The van der Waals surface area contributed by atoms with Crippen LogP contribution in [0.2, 0.25) is 0 Å². The van der Waals surface area contributed by atoms with Crippen LogP contribution in [0.15, 0.2) is 35.2 Å². The molecule has 0 aliphatic carbocycles. The van der Waals surface area contributed by atoms with Gasteiger partial charge in [0.2, 0.25) is 10.0 Å². The molecule has 5 rings (SSSR count). The normalized spacial score (nSPS) is 16.0. The maximum absolute atomic E-state index is 15.6. The Bertz CT molecular complexity index is 1830. The number of sulfonamides is 1. The molecule has 2 heterocycles. The maximum Gasteiger partial charge on any atom is 0.337 e. The lowest BCUT2D eigenvalue weighted by Gasteiger charge is -2.35. The Morgan fingerprint density at radius 2 is 1.78 bits per heavy atom. The van der Waals surface area contributed by atoms with Crippen molar-refractivity contribution < 1.29 is 37.1 Å². The fourth-order valence-corrected chi connectivity index (χ4v) is 8.12. The van der Waals surface area contributed by atoms with Crippen molar-refractivity contribution in [3.63, 3.8) is 0 Å². The van der Waals surface area contributed by atoms with Gasteiger partial charge in [-0.15, -0.1) is 0 Å². The minimum absolute atomic E-state index is 0.0299. The van der Waals surface area contributed by atoms with E-state index in [1.165, 1.54) is 28.6 Å². The summed E-state index contributed by atoms with van der Waals surface area (Å²) in [6.07, 6.45) is 0.136. The number of hydrogen-bond donors (Lipinski definition) is 1. The van der Waals surface area contributed by atoms with E-state index in [4.69, 9.17) is 9.47 Å². The third-order valence-corrected chi connectivity index (χ3v) is 10.5. The molecule has 0 unspecified atom stereocenters. The molecule has 2 aliphatic rings. The minimum atomic E-state index is -4.28. The van der Waals surface area contributed by atoms with Gasteiger partial charge in [-0.3, -0.25) is 10.1 Å². The molecule has 0 bridgehead atoms. The third kappa shape index (κ3) is 5.82. The summed E-state index contributed by atoms with van der Waals surface area (Å²) in [5.41, 5.74) is 4.09. The van der Waals surface area contributed by atoms with E-state index < -0.39 is 49.0 Å². The zero-order valence-corrected chi connectivity index (χ0v) is 27.0. The lowest BCUT2D eigenvalue weighted by atomic mass is 9.78. The molecular weight excluding hydrogens is 603 g/mol. The van der Waals surface area contributed by atoms with Gasteiger partial charge in [-0.1, -0.05) is 12.1 Å². The second kappa shape index (κ2) is 11.8. The third-order valence-electron chi connectivity index (χ3n) is 8.61. The molecule has 0 spiro atoms. The van der Waals surface area contributed by atoms with Crippen LogP contribution in [0.1, 0.15) is 72.2 Å². The van der Waals surface area contributed by atoms with Gasteiger partial charge in [-0.2, -0.15) is 4.31 Å². The van der Waals surface area contributed by atoms with Gasteiger partial charge in [0, 0.05) is 30.3 Å². The SMILES string of the molecule is Cc1c(-c2c(C)c3c(c(C)c2[C@@H](OC(C)(C)C)C(=O)O)CCN(S(=O)(=O)c2ccccc2[N+](=O)[O-])C3)cc(F)c2c1CCCO2. The Morgan fingerprint density at radius 3 is 2.42 bits per heavy atom. The molecule has 0 saturated heterocycles. The predicted molar refractivity (Wildman–Crippen MR) is 165 cm³/mol. The molecule has 3 aromatic carbocycles. The molecule has 12 heteroatoms. The van der Waals surface area contributed by atoms with Gasteiger partial charge in [0.15, 0.2) is 22.6 Å². The number of nitro groups is 1. The van der Waals surface area contributed by atoms with E-state index in [0.717, 1.165) is 17.2 Å². The van der Waals surface area contributed by atoms with Gasteiger partial charge in [-0.25, -0.2) is 17.6 Å². The first kappa shape index (κ1) is 32.5. The first-order valence-electron chi connectivity index (χ1n) is 14.8. The van der Waals surface area contributed by atoms with Crippen LogP contribution in [-0.2, 0) is 38.9 Å². The topological polar surface area (TPSA) is 136 Å². The highest BCUT2D eigenvalue weighted by atomic mass is 32.2. The largest absolute Gasteiger partial charge is 0.490 e. The Hall–Kier alpha value is -3.87. The summed E-state index contributed by atoms with van der Waals surface area (Å²) in [5.74, 6) is -1.57. The Balaban J connectivity index is 1.77. The summed E-state index contributed by atoms with van der Waals surface area (Å²) < 4.78 is 56.3. The number of fused-ring (bicyclic) bond motifs is 2. The maximum atomic E-state index is 15.6. The Labute approximate surface area is 262 Å². The number of para-hydroxylation sites is 1. The standard InChI is InChI=1S/C33H37FN2O8S/c1-18-22-10-9-15-43-30(22)25(34)16-23(18)28-20(3)24-17-35(45(41,42)27-12-8-7-11-26(27)36(39)40)14-13-21(24)19(2)29(28)31(32(37)38)44-33(4,5)6/h7-8,11-12,16,31H,9-10,13-15,17H2,1-6H3,(H,37,38)/t31-/m1/s1. The smallest absolute Gasteiger partial charge is 0.337 e. The van der Waals surface area contributed by atoms with Crippen LogP contribution in [0.5, 0.6) is 5.75 Å². The Kier molecular flexibility index (Phi) is 8.54. The molecule has 1 N–H and O–H groups in total. The zero-order valence-electron chi connectivity index (χ0n) is 26.2. The van der Waals surface area contributed by atoms with Crippen molar-refractivity contribution in [2.75, 3.05) is 13.2 Å². The number of hydrogen-bond acceptors (Lipinski definition) is 7. The molecule has 0 amide bonds. The van der Waals surface area contributed by atoms with Crippen LogP contribution < -0.4 is 4.74 Å². The van der Waals surface area contributed by atoms with Crippen molar-refractivity contribution in [1.29, 1.82) is 0 Å². The van der Waals surface area contributed by atoms with E-state index in [1.54, 1.807) is 34.6 Å². The average Bonchev–Trinajstić information content (AvgIpc) is 2.99. The van der Waals surface area contributed by atoms with Crippen LogP contribution in [0.25, 0.3) is 11.1 Å². The van der Waals surface area contributed by atoms with Gasteiger partial charge in [0.1, 0.15) is 0 Å². The van der Waals surface area contributed by atoms with E-state index in [9.17, 15) is 28.4 Å². The van der Waals surface area contributed by atoms with E-state index in [0.29, 0.717) is 58.4 Å². The minimum Gasteiger partial charge on any atom is -0.490 e. The predicted octanol–water partition coefficient (Wildman–Crippen LogP) is 6.34. The summed E-state index contributed by atoms with van der Waals surface area (Å²) in [6.45, 7) is 11.0. The highest BCUT2D eigenvalue weighted by molar-refractivity contribution is 7.89. The average molecular weight is 641 g/mol. The fraction of sp³-hybridized carbons (Fsp3) is 0.424. The molecule has 0 radical (unpaired) electrons. The van der Waals surface area contributed by atoms with Crippen molar-refractivity contribution in [2.45, 2.75) is 84.0 Å². The first-order valence-corrected chi connectivity index (χ1v) is 16.2. The van der Waals surface area contributed by atoms with Gasteiger partial charge >= 0.3 is 5.97 Å². The quantitative estimate of drug-likeness (QED) is 0.233. The summed E-state index contributed by atoms with van der Waals surface area (Å²) >= 11 is 0. The van der Waals surface area contributed by atoms with E-state index in [-0.39, 0.29) is 25.3 Å². The monoisotopic (exact) mass is 640 g/mol. The number of aliphatic carboxylic acids is 1. The molecular formula is C33H37FN2O8S. The van der Waals surface area contributed by atoms with Gasteiger partial charge in [-0.05, 0) is 112 Å². The van der Waals surface area contributed by atoms with Gasteiger partial charge in [0.05, 0.1) is 17.1 Å². The van der Waals surface area contributed by atoms with Gasteiger partial charge in [0.25, 0.3) is 5.69 Å². The molecule has 0 saturated carbocycles. The van der Waals surface area contributed by atoms with Crippen LogP contribution in [-0.4, -0.2) is 47.5 Å². The molecule has 0 fully saturated rings. The summed E-state index contributed by atoms with van der Waals surface area (Å²) in [4.78, 5) is 23.4. The lowest BCUT2D eigenvalue weighted by molar-refractivity contribution is -0.387. The van der Waals surface area contributed by atoms with E-state index >= 15 is 4.39 Å². The van der Waals surface area contributed by atoms with Crippen molar-refractivity contribution in [1.82, 2.24) is 4.31 Å². The Morgan fingerprint density at radius 1 is 1.09 bits per heavy atom. The number of halogens is 1. The number of carboxylic acids is 1. The van der Waals surface area contributed by atoms with Crippen molar-refractivity contribution >= 4 is 21.7 Å². The summed E-state index contributed by atoms with van der Waals surface area (Å²) in [6, 6.07) is 6.59. The van der Waals surface area contributed by atoms with E-state index in [1.807, 2.05) is 6.92 Å². The molecule has 2 aliphatic heterocycles. The van der Waals surface area contributed by atoms with Crippen LogP contribution in [0.4, 0.5) is 10.1 Å². The number of rotatable bonds is 7. The number of benzene rings is 3. The molecule has 1 atom stereocenters. The van der Waals surface area contributed by atoms with E-state index in [2.05, 4.69) is 0 Å². The number of ether oxygens (including phenoxy) is 2. The number of carboxylic acid groups (broad SMARTS) is 1. The second-order valence-corrected chi connectivity index (χ2v) is 14.5. The lowest BCUT2D eigenvalue weighted by Crippen LogP contribution is -2.37. The van der Waals surface area contributed by atoms with Crippen molar-refractivity contribution in [2.24, 2.45) is 0 Å². The first-order chi connectivity index (χ1) is 21.0. The van der Waals surface area contributed by atoms with Gasteiger partial charge < -0.3 is 14.6 Å². The second-order valence-electron chi connectivity index (χ2n) is 12.5. The number of nitrogens with zero attached hydrogens (tertiary/aromatic N) is 2. The zero-order chi connectivity index (χ0) is 33.0. The van der Waals surface area contributed by atoms with Crippen LogP contribution in [0, 0.1) is 36.7 Å². The molecule has 45 heavy (non-hydrogen) atoms. The van der Waals surface area contributed by atoms with Crippen molar-refractivity contribution in [3.8, 4) is 16.9 Å². The molecule has 3 aromatic rings. The fourth-order valence-electron chi connectivity index (χ4n) is 6.55. The van der Waals surface area contributed by atoms with Crippen LogP contribution >= 0.6 is 0 Å². The number of carbonyl (C=O) groups is 1. The molecule has 10 nitrogen and oxygen atoms in total. The number of nitro benzene ring substituents is 1.